The third-order valence-corrected chi connectivity index (χ3v) is 3.20. The van der Waals surface area contributed by atoms with Gasteiger partial charge in [-0.3, -0.25) is 0 Å². The number of unbranched alkanes of at least 4 members (excludes halogenated alkanes) is 3. The molecule has 0 bridgehead atoms. The van der Waals surface area contributed by atoms with Crippen LogP contribution in [-0.2, 0) is 6.54 Å². The predicted molar refractivity (Wildman–Crippen MR) is 80.9 cm³/mol. The lowest BCUT2D eigenvalue weighted by molar-refractivity contribution is 0.293. The molecule has 4 heteroatoms. The van der Waals surface area contributed by atoms with E-state index in [1.54, 1.807) is 6.20 Å². The molecule has 0 aromatic carbocycles. The molecule has 1 rings (SSSR count). The molecule has 108 valence electrons. The van der Waals surface area contributed by atoms with Gasteiger partial charge in [-0.1, -0.05) is 51.6 Å². The molecule has 0 saturated heterocycles. The highest BCUT2D eigenvalue weighted by molar-refractivity contribution is 6.31. The maximum absolute atomic E-state index is 6.12. The Bertz CT molecular complexity index is 369. The Morgan fingerprint density at radius 2 is 2.11 bits per heavy atom. The van der Waals surface area contributed by atoms with Crippen molar-refractivity contribution in [2.75, 3.05) is 6.61 Å². The van der Waals surface area contributed by atoms with Gasteiger partial charge in [0.15, 0.2) is 0 Å². The summed E-state index contributed by atoms with van der Waals surface area (Å²) in [6.45, 7) is 7.90. The largest absolute Gasteiger partial charge is 0.478 e. The minimum Gasteiger partial charge on any atom is -0.478 e. The molecule has 0 unspecified atom stereocenters. The summed E-state index contributed by atoms with van der Waals surface area (Å²) in [5.74, 6) is 0.668. The van der Waals surface area contributed by atoms with Crippen molar-refractivity contribution in [3.8, 4) is 5.88 Å². The number of aromatic nitrogens is 1. The van der Waals surface area contributed by atoms with Crippen molar-refractivity contribution in [1.82, 2.24) is 10.3 Å². The van der Waals surface area contributed by atoms with Crippen molar-refractivity contribution in [2.45, 2.75) is 59.0 Å². The lowest BCUT2D eigenvalue weighted by atomic mass is 10.2. The Morgan fingerprint density at radius 1 is 1.32 bits per heavy atom. The van der Waals surface area contributed by atoms with Gasteiger partial charge >= 0.3 is 0 Å². The van der Waals surface area contributed by atoms with Crippen molar-refractivity contribution in [2.24, 2.45) is 0 Å². The highest BCUT2D eigenvalue weighted by atomic mass is 35.5. The van der Waals surface area contributed by atoms with E-state index in [0.29, 0.717) is 16.9 Å². The number of halogens is 1. The Balaban J connectivity index is 2.43. The highest BCUT2D eigenvalue weighted by Crippen LogP contribution is 2.19. The lowest BCUT2D eigenvalue weighted by Gasteiger charge is -2.11. The summed E-state index contributed by atoms with van der Waals surface area (Å²) in [7, 11) is 0. The molecule has 0 saturated carbocycles. The SMILES string of the molecule is CCCCCCOc1cc(CNC(C)C)c(Cl)cn1. The van der Waals surface area contributed by atoms with Crippen LogP contribution in [0.5, 0.6) is 5.88 Å². The summed E-state index contributed by atoms with van der Waals surface area (Å²) in [5, 5.41) is 4.03. The number of nitrogens with one attached hydrogen (secondary N) is 1. The molecule has 1 aromatic rings. The fourth-order valence-electron chi connectivity index (χ4n) is 1.69. The van der Waals surface area contributed by atoms with Gasteiger partial charge in [0.2, 0.25) is 5.88 Å². The van der Waals surface area contributed by atoms with Crippen LogP contribution in [0.1, 0.15) is 52.0 Å². The topological polar surface area (TPSA) is 34.1 Å². The van der Waals surface area contributed by atoms with E-state index in [1.165, 1.54) is 19.3 Å². The summed E-state index contributed by atoms with van der Waals surface area (Å²) >= 11 is 6.12. The average Bonchev–Trinajstić information content (AvgIpc) is 2.38. The molecule has 1 N–H and O–H groups in total. The molecule has 0 spiro atoms. The third-order valence-electron chi connectivity index (χ3n) is 2.86. The van der Waals surface area contributed by atoms with Crippen molar-refractivity contribution < 1.29 is 4.74 Å². The summed E-state index contributed by atoms with van der Waals surface area (Å²) in [4.78, 5) is 4.20. The summed E-state index contributed by atoms with van der Waals surface area (Å²) in [5.41, 5.74) is 1.04. The highest BCUT2D eigenvalue weighted by Gasteiger charge is 2.05. The maximum atomic E-state index is 6.12. The van der Waals surface area contributed by atoms with Gasteiger partial charge < -0.3 is 10.1 Å². The second-order valence-electron chi connectivity index (χ2n) is 5.06. The van der Waals surface area contributed by atoms with Crippen LogP contribution in [0.25, 0.3) is 0 Å². The molecule has 3 nitrogen and oxygen atoms in total. The van der Waals surface area contributed by atoms with Gasteiger partial charge in [0.05, 0.1) is 11.6 Å². The van der Waals surface area contributed by atoms with E-state index in [4.69, 9.17) is 16.3 Å². The first-order valence-corrected chi connectivity index (χ1v) is 7.52. The Morgan fingerprint density at radius 3 is 2.79 bits per heavy atom. The molecule has 19 heavy (non-hydrogen) atoms. The molecule has 1 heterocycles. The number of ether oxygens (including phenoxy) is 1. The summed E-state index contributed by atoms with van der Waals surface area (Å²) in [6, 6.07) is 2.36. The standard InChI is InChI=1S/C15H25ClN2O/c1-4-5-6-7-8-19-15-9-13(10-17-12(2)3)14(16)11-18-15/h9,11-12,17H,4-8,10H2,1-3H3. The van der Waals surface area contributed by atoms with Crippen molar-refractivity contribution >= 4 is 11.6 Å². The molecule has 0 amide bonds. The van der Waals surface area contributed by atoms with Gasteiger partial charge in [-0.05, 0) is 12.0 Å². The summed E-state index contributed by atoms with van der Waals surface area (Å²) in [6.07, 6.45) is 6.47. The number of hydrogen-bond acceptors (Lipinski definition) is 3. The summed E-state index contributed by atoms with van der Waals surface area (Å²) < 4.78 is 5.66. The van der Waals surface area contributed by atoms with Crippen LogP contribution in [0.15, 0.2) is 12.3 Å². The van der Waals surface area contributed by atoms with Crippen LogP contribution in [0.3, 0.4) is 0 Å². The van der Waals surface area contributed by atoms with Crippen molar-refractivity contribution in [1.29, 1.82) is 0 Å². The number of pyridine rings is 1. The monoisotopic (exact) mass is 284 g/mol. The average molecular weight is 285 g/mol. The lowest BCUT2D eigenvalue weighted by Crippen LogP contribution is -2.22. The fourth-order valence-corrected chi connectivity index (χ4v) is 1.86. The second kappa shape index (κ2) is 9.16. The van der Waals surface area contributed by atoms with Gasteiger partial charge in [0.25, 0.3) is 0 Å². The fraction of sp³-hybridized carbons (Fsp3) is 0.667. The molecule has 0 aliphatic rings. The number of hydrogen-bond donors (Lipinski definition) is 1. The normalized spacial score (nSPS) is 11.0. The van der Waals surface area contributed by atoms with Gasteiger partial charge in [0, 0.05) is 24.8 Å². The van der Waals surface area contributed by atoms with Crippen LogP contribution in [0, 0.1) is 0 Å². The predicted octanol–water partition coefficient (Wildman–Crippen LogP) is 4.19. The zero-order chi connectivity index (χ0) is 14.1. The molecule has 1 aromatic heterocycles. The van der Waals surface area contributed by atoms with Crippen LogP contribution in [0.4, 0.5) is 0 Å². The Kier molecular flexibility index (Phi) is 7.84. The van der Waals surface area contributed by atoms with Crippen LogP contribution in [0.2, 0.25) is 5.02 Å². The number of nitrogens with zero attached hydrogens (tertiary/aromatic N) is 1. The maximum Gasteiger partial charge on any atom is 0.213 e. The molecule has 0 aliphatic heterocycles. The van der Waals surface area contributed by atoms with E-state index in [0.717, 1.165) is 25.1 Å². The van der Waals surface area contributed by atoms with Crippen molar-refractivity contribution in [3.63, 3.8) is 0 Å². The first kappa shape index (κ1) is 16.3. The van der Waals surface area contributed by atoms with Crippen LogP contribution >= 0.6 is 11.6 Å². The number of rotatable bonds is 9. The smallest absolute Gasteiger partial charge is 0.213 e. The molecular formula is C15H25ClN2O. The first-order chi connectivity index (χ1) is 9.13. The van der Waals surface area contributed by atoms with Crippen molar-refractivity contribution in [3.05, 3.63) is 22.8 Å². The second-order valence-corrected chi connectivity index (χ2v) is 5.47. The van der Waals surface area contributed by atoms with E-state index in [9.17, 15) is 0 Å². The first-order valence-electron chi connectivity index (χ1n) is 7.14. The van der Waals surface area contributed by atoms with E-state index < -0.39 is 0 Å². The quantitative estimate of drug-likeness (QED) is 0.690. The molecule has 0 fully saturated rings. The zero-order valence-corrected chi connectivity index (χ0v) is 13.0. The van der Waals surface area contributed by atoms with Gasteiger partial charge in [-0.15, -0.1) is 0 Å². The van der Waals surface area contributed by atoms with Gasteiger partial charge in [0.1, 0.15) is 0 Å². The van der Waals surface area contributed by atoms with Crippen LogP contribution < -0.4 is 10.1 Å². The Labute approximate surface area is 121 Å². The third kappa shape index (κ3) is 6.79. The van der Waals surface area contributed by atoms with Crippen LogP contribution in [-0.4, -0.2) is 17.6 Å². The van der Waals surface area contributed by atoms with E-state index in [-0.39, 0.29) is 0 Å². The molecule has 0 atom stereocenters. The minimum atomic E-state index is 0.433. The molecule has 0 aliphatic carbocycles. The van der Waals surface area contributed by atoms with E-state index in [1.807, 2.05) is 6.07 Å². The van der Waals surface area contributed by atoms with E-state index >= 15 is 0 Å². The van der Waals surface area contributed by atoms with Gasteiger partial charge in [-0.2, -0.15) is 0 Å². The molecular weight excluding hydrogens is 260 g/mol. The molecule has 0 radical (unpaired) electrons. The minimum absolute atomic E-state index is 0.433. The van der Waals surface area contributed by atoms with E-state index in [2.05, 4.69) is 31.1 Å². The zero-order valence-electron chi connectivity index (χ0n) is 12.2. The Hall–Kier alpha value is -0.800. The van der Waals surface area contributed by atoms with Gasteiger partial charge in [-0.25, -0.2) is 4.98 Å².